The van der Waals surface area contributed by atoms with Crippen LogP contribution in [0.5, 0.6) is 0 Å². The third-order valence-electron chi connectivity index (χ3n) is 2.02. The molecular weight excluding hydrogens is 162 g/mol. The molecule has 0 unspecified atom stereocenters. The van der Waals surface area contributed by atoms with Crippen LogP contribution in [0.4, 0.5) is 0 Å². The topological polar surface area (TPSA) is 26.0 Å². The van der Waals surface area contributed by atoms with Gasteiger partial charge in [0.1, 0.15) is 5.76 Å². The van der Waals surface area contributed by atoms with Crippen LogP contribution in [-0.4, -0.2) is 4.98 Å². The van der Waals surface area contributed by atoms with Crippen LogP contribution in [-0.2, 0) is 12.8 Å². The summed E-state index contributed by atoms with van der Waals surface area (Å²) in [4.78, 5) is 4.21. The maximum absolute atomic E-state index is 5.55. The second-order valence-corrected chi connectivity index (χ2v) is 3.28. The summed E-state index contributed by atoms with van der Waals surface area (Å²) in [6, 6.07) is 0. The van der Waals surface area contributed by atoms with Crippen LogP contribution in [0.15, 0.2) is 10.6 Å². The third kappa shape index (κ3) is 3.62. The van der Waals surface area contributed by atoms with Gasteiger partial charge in [-0.2, -0.15) is 0 Å². The van der Waals surface area contributed by atoms with E-state index >= 15 is 0 Å². The summed E-state index contributed by atoms with van der Waals surface area (Å²) in [6.07, 6.45) is 8.21. The standard InChI is InChI=1S/C11H18NO/c1-3-5-7-10-9-12-11(13-10)8-6-4-2/h9H,2-8H2,1H3. The lowest BCUT2D eigenvalue weighted by molar-refractivity contribution is 0.445. The Bertz CT molecular complexity index is 207. The van der Waals surface area contributed by atoms with Crippen molar-refractivity contribution in [1.29, 1.82) is 0 Å². The van der Waals surface area contributed by atoms with Gasteiger partial charge in [0, 0.05) is 12.8 Å². The minimum absolute atomic E-state index is 0.870. The van der Waals surface area contributed by atoms with Gasteiger partial charge in [0.05, 0.1) is 6.20 Å². The first-order valence-corrected chi connectivity index (χ1v) is 5.09. The molecule has 0 N–H and O–H groups in total. The monoisotopic (exact) mass is 180 g/mol. The van der Waals surface area contributed by atoms with Crippen LogP contribution in [0.25, 0.3) is 0 Å². The van der Waals surface area contributed by atoms with Gasteiger partial charge in [-0.05, 0) is 12.8 Å². The Morgan fingerprint density at radius 1 is 1.38 bits per heavy atom. The van der Waals surface area contributed by atoms with E-state index < -0.39 is 0 Å². The molecule has 0 spiro atoms. The molecule has 0 saturated carbocycles. The first-order valence-electron chi connectivity index (χ1n) is 5.09. The summed E-state index contributed by atoms with van der Waals surface area (Å²) >= 11 is 0. The van der Waals surface area contributed by atoms with Crippen LogP contribution in [0, 0.1) is 6.92 Å². The van der Waals surface area contributed by atoms with E-state index in [0.717, 1.165) is 37.3 Å². The summed E-state index contributed by atoms with van der Waals surface area (Å²) in [5.74, 6) is 1.90. The van der Waals surface area contributed by atoms with Crippen LogP contribution in [0.3, 0.4) is 0 Å². The van der Waals surface area contributed by atoms with Crippen LogP contribution < -0.4 is 0 Å². The van der Waals surface area contributed by atoms with E-state index in [4.69, 9.17) is 4.42 Å². The number of oxazole rings is 1. The zero-order valence-corrected chi connectivity index (χ0v) is 8.38. The molecule has 1 aromatic heterocycles. The van der Waals surface area contributed by atoms with Gasteiger partial charge in [-0.3, -0.25) is 0 Å². The molecule has 0 aliphatic carbocycles. The molecule has 1 radical (unpaired) electrons. The molecule has 0 aliphatic rings. The van der Waals surface area contributed by atoms with Crippen LogP contribution in [0.1, 0.15) is 44.3 Å². The molecule has 0 atom stereocenters. The van der Waals surface area contributed by atoms with Gasteiger partial charge < -0.3 is 4.42 Å². The fraction of sp³-hybridized carbons (Fsp3) is 0.636. The van der Waals surface area contributed by atoms with E-state index in [-0.39, 0.29) is 0 Å². The fourth-order valence-corrected chi connectivity index (χ4v) is 1.21. The second-order valence-electron chi connectivity index (χ2n) is 3.28. The Labute approximate surface area is 80.4 Å². The van der Waals surface area contributed by atoms with Crippen molar-refractivity contribution in [3.8, 4) is 0 Å². The predicted molar refractivity (Wildman–Crippen MR) is 53.4 cm³/mol. The highest BCUT2D eigenvalue weighted by atomic mass is 16.4. The fourth-order valence-electron chi connectivity index (χ4n) is 1.21. The third-order valence-corrected chi connectivity index (χ3v) is 2.02. The number of nitrogens with zero attached hydrogens (tertiary/aromatic N) is 1. The van der Waals surface area contributed by atoms with E-state index in [1.165, 1.54) is 12.8 Å². The van der Waals surface area contributed by atoms with E-state index in [9.17, 15) is 0 Å². The molecule has 13 heavy (non-hydrogen) atoms. The number of unbranched alkanes of at least 4 members (excludes halogenated alkanes) is 2. The average Bonchev–Trinajstić information content (AvgIpc) is 2.59. The van der Waals surface area contributed by atoms with Crippen LogP contribution in [0.2, 0.25) is 0 Å². The largest absolute Gasteiger partial charge is 0.446 e. The Morgan fingerprint density at radius 2 is 2.23 bits per heavy atom. The number of hydrogen-bond donors (Lipinski definition) is 0. The van der Waals surface area contributed by atoms with Crippen molar-refractivity contribution in [3.63, 3.8) is 0 Å². The molecule has 1 heterocycles. The minimum Gasteiger partial charge on any atom is -0.446 e. The minimum atomic E-state index is 0.870. The van der Waals surface area contributed by atoms with E-state index in [1.54, 1.807) is 0 Å². The van der Waals surface area contributed by atoms with Gasteiger partial charge in [-0.1, -0.05) is 26.7 Å². The Hall–Kier alpha value is -0.790. The summed E-state index contributed by atoms with van der Waals surface area (Å²) in [6.45, 7) is 5.97. The van der Waals surface area contributed by atoms with Crippen molar-refractivity contribution in [2.75, 3.05) is 0 Å². The molecule has 1 rings (SSSR count). The molecular formula is C11H18NO. The lowest BCUT2D eigenvalue weighted by atomic mass is 10.2. The molecule has 0 aromatic carbocycles. The molecule has 2 nitrogen and oxygen atoms in total. The van der Waals surface area contributed by atoms with Gasteiger partial charge >= 0.3 is 0 Å². The van der Waals surface area contributed by atoms with Gasteiger partial charge in [-0.15, -0.1) is 0 Å². The van der Waals surface area contributed by atoms with E-state index in [2.05, 4.69) is 18.8 Å². The van der Waals surface area contributed by atoms with Gasteiger partial charge in [0.15, 0.2) is 5.89 Å². The zero-order chi connectivity index (χ0) is 9.52. The molecule has 73 valence electrons. The number of aromatic nitrogens is 1. The average molecular weight is 180 g/mol. The lowest BCUT2D eigenvalue weighted by Gasteiger charge is -1.93. The highest BCUT2D eigenvalue weighted by Gasteiger charge is 2.02. The number of rotatable bonds is 6. The van der Waals surface area contributed by atoms with Gasteiger partial charge in [0.2, 0.25) is 0 Å². The highest BCUT2D eigenvalue weighted by Crippen LogP contribution is 2.09. The zero-order valence-electron chi connectivity index (χ0n) is 8.38. The van der Waals surface area contributed by atoms with Crippen molar-refractivity contribution in [2.45, 2.75) is 45.4 Å². The molecule has 0 fully saturated rings. The molecule has 0 bridgehead atoms. The SMILES string of the molecule is [CH2]CCCc1ncc(CCCC)o1. The molecule has 0 amide bonds. The van der Waals surface area contributed by atoms with Gasteiger partial charge in [0.25, 0.3) is 0 Å². The molecule has 2 heteroatoms. The predicted octanol–water partition coefficient (Wildman–Crippen LogP) is 3.17. The first-order chi connectivity index (χ1) is 6.36. The van der Waals surface area contributed by atoms with Crippen molar-refractivity contribution in [3.05, 3.63) is 24.8 Å². The number of aryl methyl sites for hydroxylation is 2. The van der Waals surface area contributed by atoms with Crippen molar-refractivity contribution in [1.82, 2.24) is 4.98 Å². The number of hydrogen-bond acceptors (Lipinski definition) is 2. The van der Waals surface area contributed by atoms with Crippen molar-refractivity contribution < 1.29 is 4.42 Å². The quantitative estimate of drug-likeness (QED) is 0.672. The summed E-state index contributed by atoms with van der Waals surface area (Å²) in [7, 11) is 0. The van der Waals surface area contributed by atoms with Crippen LogP contribution >= 0.6 is 0 Å². The summed E-state index contributed by atoms with van der Waals surface area (Å²) in [5.41, 5.74) is 0. The van der Waals surface area contributed by atoms with E-state index in [0.29, 0.717) is 0 Å². The Morgan fingerprint density at radius 3 is 2.92 bits per heavy atom. The summed E-state index contributed by atoms with van der Waals surface area (Å²) in [5, 5.41) is 0. The summed E-state index contributed by atoms with van der Waals surface area (Å²) < 4.78 is 5.55. The van der Waals surface area contributed by atoms with E-state index in [1.807, 2.05) is 6.20 Å². The molecule has 1 aromatic rings. The highest BCUT2D eigenvalue weighted by molar-refractivity contribution is 4.94. The normalized spacial score (nSPS) is 10.6. The Balaban J connectivity index is 2.34. The molecule has 0 saturated heterocycles. The van der Waals surface area contributed by atoms with Crippen molar-refractivity contribution >= 4 is 0 Å². The smallest absolute Gasteiger partial charge is 0.194 e. The Kier molecular flexibility index (Phi) is 4.58. The second kappa shape index (κ2) is 5.79. The maximum atomic E-state index is 5.55. The molecule has 0 aliphatic heterocycles. The lowest BCUT2D eigenvalue weighted by Crippen LogP contribution is -1.83. The van der Waals surface area contributed by atoms with Crippen molar-refractivity contribution in [2.24, 2.45) is 0 Å². The first kappa shape index (κ1) is 10.3. The maximum Gasteiger partial charge on any atom is 0.194 e. The van der Waals surface area contributed by atoms with Gasteiger partial charge in [-0.25, -0.2) is 4.98 Å².